The molecule has 122 valence electrons. The highest BCUT2D eigenvalue weighted by atomic mass is 32.1. The topological polar surface area (TPSA) is 58.2 Å². The molecule has 0 spiro atoms. The van der Waals surface area contributed by atoms with Crippen molar-refractivity contribution >= 4 is 28.8 Å². The molecular weight excluding hydrogens is 308 g/mol. The quantitative estimate of drug-likeness (QED) is 0.813. The molecule has 1 atom stereocenters. The van der Waals surface area contributed by atoms with Gasteiger partial charge in [0, 0.05) is 17.3 Å². The van der Waals surface area contributed by atoms with Crippen LogP contribution in [0.3, 0.4) is 0 Å². The number of carbonyl (C=O) groups excluding carboxylic acids is 2. The van der Waals surface area contributed by atoms with Crippen LogP contribution in [0.4, 0.5) is 5.69 Å². The molecule has 2 N–H and O–H groups in total. The molecule has 0 saturated heterocycles. The van der Waals surface area contributed by atoms with Crippen molar-refractivity contribution in [3.8, 4) is 0 Å². The minimum absolute atomic E-state index is 0.0636. The van der Waals surface area contributed by atoms with E-state index in [9.17, 15) is 9.59 Å². The van der Waals surface area contributed by atoms with Crippen LogP contribution in [-0.4, -0.2) is 18.4 Å². The summed E-state index contributed by atoms with van der Waals surface area (Å²) in [6.07, 6.45) is 1.58. The maximum Gasteiger partial charge on any atom is 0.253 e. The SMILES string of the molecule is CCC(C)C(=O)Nc1ccccc1C(=O)NCCc1cccs1. The summed E-state index contributed by atoms with van der Waals surface area (Å²) in [5, 5.41) is 7.78. The Labute approximate surface area is 140 Å². The number of rotatable bonds is 7. The highest BCUT2D eigenvalue weighted by Gasteiger charge is 2.15. The molecule has 1 aromatic carbocycles. The Morgan fingerprint density at radius 2 is 1.96 bits per heavy atom. The first-order chi connectivity index (χ1) is 11.1. The van der Waals surface area contributed by atoms with Crippen LogP contribution in [-0.2, 0) is 11.2 Å². The number of nitrogens with one attached hydrogen (secondary N) is 2. The van der Waals surface area contributed by atoms with Gasteiger partial charge in [-0.25, -0.2) is 0 Å². The van der Waals surface area contributed by atoms with Gasteiger partial charge in [-0.05, 0) is 36.4 Å². The second kappa shape index (κ2) is 8.48. The third kappa shape index (κ3) is 4.93. The summed E-state index contributed by atoms with van der Waals surface area (Å²) >= 11 is 1.68. The highest BCUT2D eigenvalue weighted by molar-refractivity contribution is 7.09. The lowest BCUT2D eigenvalue weighted by atomic mass is 10.1. The lowest BCUT2D eigenvalue weighted by Gasteiger charge is -2.13. The molecule has 1 unspecified atom stereocenters. The molecule has 1 heterocycles. The van der Waals surface area contributed by atoms with E-state index in [0.29, 0.717) is 17.8 Å². The van der Waals surface area contributed by atoms with Gasteiger partial charge in [-0.2, -0.15) is 0 Å². The minimum atomic E-state index is -0.165. The van der Waals surface area contributed by atoms with E-state index in [1.807, 2.05) is 31.4 Å². The van der Waals surface area contributed by atoms with Gasteiger partial charge in [0.2, 0.25) is 5.91 Å². The van der Waals surface area contributed by atoms with Crippen molar-refractivity contribution in [2.24, 2.45) is 5.92 Å². The van der Waals surface area contributed by atoms with Crippen LogP contribution in [0.5, 0.6) is 0 Å². The van der Waals surface area contributed by atoms with Gasteiger partial charge in [0.1, 0.15) is 0 Å². The molecule has 0 aliphatic rings. The fraction of sp³-hybridized carbons (Fsp3) is 0.333. The normalized spacial score (nSPS) is 11.7. The van der Waals surface area contributed by atoms with Crippen molar-refractivity contribution in [3.05, 3.63) is 52.2 Å². The molecule has 0 aliphatic heterocycles. The fourth-order valence-corrected chi connectivity index (χ4v) is 2.79. The second-order valence-corrected chi connectivity index (χ2v) is 6.46. The second-order valence-electron chi connectivity index (χ2n) is 5.43. The number of hydrogen-bond donors (Lipinski definition) is 2. The summed E-state index contributed by atoms with van der Waals surface area (Å²) in [6.45, 7) is 4.42. The Bertz CT molecular complexity index is 653. The van der Waals surface area contributed by atoms with Crippen molar-refractivity contribution < 1.29 is 9.59 Å². The van der Waals surface area contributed by atoms with Gasteiger partial charge < -0.3 is 10.6 Å². The summed E-state index contributed by atoms with van der Waals surface area (Å²) in [4.78, 5) is 25.6. The summed E-state index contributed by atoms with van der Waals surface area (Å²) in [5.74, 6) is -0.308. The van der Waals surface area contributed by atoms with E-state index < -0.39 is 0 Å². The van der Waals surface area contributed by atoms with Crippen LogP contribution >= 0.6 is 11.3 Å². The van der Waals surface area contributed by atoms with Crippen molar-refractivity contribution in [1.29, 1.82) is 0 Å². The molecule has 2 aromatic rings. The number of carbonyl (C=O) groups is 2. The van der Waals surface area contributed by atoms with Gasteiger partial charge in [0.25, 0.3) is 5.91 Å². The van der Waals surface area contributed by atoms with Gasteiger partial charge in [0.15, 0.2) is 0 Å². The number of para-hydroxylation sites is 1. The van der Waals surface area contributed by atoms with Gasteiger partial charge >= 0.3 is 0 Å². The van der Waals surface area contributed by atoms with Crippen LogP contribution in [0.1, 0.15) is 35.5 Å². The van der Waals surface area contributed by atoms with Crippen LogP contribution in [0.25, 0.3) is 0 Å². The number of amides is 2. The lowest BCUT2D eigenvalue weighted by molar-refractivity contribution is -0.119. The van der Waals surface area contributed by atoms with Gasteiger partial charge in [-0.3, -0.25) is 9.59 Å². The molecule has 5 heteroatoms. The zero-order valence-electron chi connectivity index (χ0n) is 13.5. The smallest absolute Gasteiger partial charge is 0.253 e. The highest BCUT2D eigenvalue weighted by Crippen LogP contribution is 2.17. The Balaban J connectivity index is 1.98. The van der Waals surface area contributed by atoms with Crippen LogP contribution in [0.15, 0.2) is 41.8 Å². The maximum atomic E-state index is 12.4. The predicted octanol–water partition coefficient (Wildman–Crippen LogP) is 3.71. The van der Waals surface area contributed by atoms with Gasteiger partial charge in [-0.15, -0.1) is 11.3 Å². The molecule has 0 radical (unpaired) electrons. The molecule has 2 amide bonds. The van der Waals surface area contributed by atoms with Crippen molar-refractivity contribution in [2.45, 2.75) is 26.7 Å². The molecule has 0 saturated carbocycles. The molecule has 23 heavy (non-hydrogen) atoms. The Kier molecular flexibility index (Phi) is 6.35. The van der Waals surface area contributed by atoms with E-state index >= 15 is 0 Å². The van der Waals surface area contributed by atoms with Crippen LogP contribution < -0.4 is 10.6 Å². The lowest BCUT2D eigenvalue weighted by Crippen LogP contribution is -2.28. The monoisotopic (exact) mass is 330 g/mol. The molecule has 0 aliphatic carbocycles. The van der Waals surface area contributed by atoms with Crippen molar-refractivity contribution in [1.82, 2.24) is 5.32 Å². The molecule has 2 rings (SSSR count). The average Bonchev–Trinajstić information content (AvgIpc) is 3.07. The average molecular weight is 330 g/mol. The van der Waals surface area contributed by atoms with Crippen molar-refractivity contribution in [2.75, 3.05) is 11.9 Å². The van der Waals surface area contributed by atoms with Crippen LogP contribution in [0, 0.1) is 5.92 Å². The van der Waals surface area contributed by atoms with E-state index in [2.05, 4.69) is 16.7 Å². The standard InChI is InChI=1S/C18H22N2O2S/c1-3-13(2)17(21)20-16-9-5-4-8-15(16)18(22)19-11-10-14-7-6-12-23-14/h4-9,12-13H,3,10-11H2,1-2H3,(H,19,22)(H,20,21). The summed E-state index contributed by atoms with van der Waals surface area (Å²) < 4.78 is 0. The Hall–Kier alpha value is -2.14. The van der Waals surface area contributed by atoms with Crippen molar-refractivity contribution in [3.63, 3.8) is 0 Å². The van der Waals surface area contributed by atoms with E-state index in [4.69, 9.17) is 0 Å². The Morgan fingerprint density at radius 3 is 2.65 bits per heavy atom. The van der Waals surface area contributed by atoms with Gasteiger partial charge in [-0.1, -0.05) is 32.0 Å². The maximum absolute atomic E-state index is 12.4. The van der Waals surface area contributed by atoms with E-state index in [-0.39, 0.29) is 17.7 Å². The largest absolute Gasteiger partial charge is 0.352 e. The third-order valence-electron chi connectivity index (χ3n) is 3.73. The van der Waals surface area contributed by atoms with E-state index in [1.165, 1.54) is 4.88 Å². The number of thiophene rings is 1. The number of hydrogen-bond acceptors (Lipinski definition) is 3. The van der Waals surface area contributed by atoms with Crippen LogP contribution in [0.2, 0.25) is 0 Å². The first-order valence-electron chi connectivity index (χ1n) is 7.82. The molecule has 0 fully saturated rings. The molecule has 0 bridgehead atoms. The van der Waals surface area contributed by atoms with E-state index in [0.717, 1.165) is 12.8 Å². The predicted molar refractivity (Wildman–Crippen MR) is 94.9 cm³/mol. The minimum Gasteiger partial charge on any atom is -0.352 e. The summed E-state index contributed by atoms with van der Waals surface area (Å²) in [6, 6.07) is 11.2. The summed E-state index contributed by atoms with van der Waals surface area (Å²) in [5.41, 5.74) is 1.06. The van der Waals surface area contributed by atoms with E-state index in [1.54, 1.807) is 29.5 Å². The zero-order chi connectivity index (χ0) is 16.7. The first kappa shape index (κ1) is 17.2. The third-order valence-corrected chi connectivity index (χ3v) is 4.66. The van der Waals surface area contributed by atoms with Gasteiger partial charge in [0.05, 0.1) is 11.3 Å². The molecule has 4 nitrogen and oxygen atoms in total. The Morgan fingerprint density at radius 1 is 1.17 bits per heavy atom. The number of anilines is 1. The molecular formula is C18H22N2O2S. The fourth-order valence-electron chi connectivity index (χ4n) is 2.08. The molecule has 1 aromatic heterocycles. The summed E-state index contributed by atoms with van der Waals surface area (Å²) in [7, 11) is 0. The first-order valence-corrected chi connectivity index (χ1v) is 8.70. The zero-order valence-corrected chi connectivity index (χ0v) is 14.3. The number of benzene rings is 1.